The van der Waals surface area contributed by atoms with E-state index >= 15 is 0 Å². The van der Waals surface area contributed by atoms with Crippen LogP contribution in [0.1, 0.15) is 20.3 Å². The molecule has 0 aliphatic carbocycles. The molecule has 0 aliphatic rings. The van der Waals surface area contributed by atoms with Crippen molar-refractivity contribution in [1.29, 1.82) is 0 Å². The van der Waals surface area contributed by atoms with Gasteiger partial charge in [-0.1, -0.05) is 32.4 Å². The molecule has 0 saturated heterocycles. The van der Waals surface area contributed by atoms with Crippen molar-refractivity contribution in [3.05, 3.63) is 34.4 Å². The summed E-state index contributed by atoms with van der Waals surface area (Å²) < 4.78 is 0. The number of hydrogen-bond donors (Lipinski definition) is 2. The molecule has 1 aromatic rings. The Balaban J connectivity index is 2.89. The molecular weight excluding hydrogens is 220 g/mol. The number of anilines is 1. The van der Waals surface area contributed by atoms with E-state index in [1.807, 2.05) is 13.8 Å². The highest BCUT2D eigenvalue weighted by Crippen LogP contribution is 2.25. The van der Waals surface area contributed by atoms with Crippen LogP contribution in [-0.4, -0.2) is 22.7 Å². The molecule has 2 atom stereocenters. The number of aliphatic hydroxyl groups is 1. The number of para-hydroxylation sites is 2. The third kappa shape index (κ3) is 3.42. The van der Waals surface area contributed by atoms with Gasteiger partial charge in [0.1, 0.15) is 5.69 Å². The SMILES string of the molecule is CCC(C)[C@@H](CO)Nc1ccccc1[N+](=O)[O-]. The fraction of sp³-hybridized carbons (Fsp3) is 0.500. The van der Waals surface area contributed by atoms with Crippen molar-refractivity contribution < 1.29 is 10.0 Å². The van der Waals surface area contributed by atoms with Gasteiger partial charge in [0, 0.05) is 6.07 Å². The molecule has 2 N–H and O–H groups in total. The van der Waals surface area contributed by atoms with E-state index in [4.69, 9.17) is 0 Å². The molecule has 94 valence electrons. The minimum Gasteiger partial charge on any atom is -0.394 e. The summed E-state index contributed by atoms with van der Waals surface area (Å²) in [5, 5.41) is 23.2. The number of nitrogens with one attached hydrogen (secondary N) is 1. The highest BCUT2D eigenvalue weighted by atomic mass is 16.6. The summed E-state index contributed by atoms with van der Waals surface area (Å²) in [6.45, 7) is 3.98. The summed E-state index contributed by atoms with van der Waals surface area (Å²) in [5.74, 6) is 0.250. The molecule has 0 bridgehead atoms. The maximum atomic E-state index is 10.8. The van der Waals surface area contributed by atoms with E-state index in [9.17, 15) is 15.2 Å². The molecule has 0 spiro atoms. The lowest BCUT2D eigenvalue weighted by Gasteiger charge is -2.23. The molecule has 5 heteroatoms. The molecule has 1 aromatic carbocycles. The summed E-state index contributed by atoms with van der Waals surface area (Å²) in [4.78, 5) is 10.4. The predicted molar refractivity (Wildman–Crippen MR) is 67.0 cm³/mol. The van der Waals surface area contributed by atoms with Gasteiger partial charge in [-0.15, -0.1) is 0 Å². The monoisotopic (exact) mass is 238 g/mol. The number of aliphatic hydroxyl groups excluding tert-OH is 1. The predicted octanol–water partition coefficient (Wildman–Crippen LogP) is 2.41. The van der Waals surface area contributed by atoms with Gasteiger partial charge in [0.15, 0.2) is 0 Å². The first-order valence-electron chi connectivity index (χ1n) is 5.71. The van der Waals surface area contributed by atoms with Gasteiger partial charge in [-0.2, -0.15) is 0 Å². The van der Waals surface area contributed by atoms with Gasteiger partial charge in [-0.25, -0.2) is 0 Å². The lowest BCUT2D eigenvalue weighted by molar-refractivity contribution is -0.384. The standard InChI is InChI=1S/C12H18N2O3/c1-3-9(2)11(8-15)13-10-6-4-5-7-12(10)14(16)17/h4-7,9,11,13,15H,3,8H2,1-2H3/t9?,11-/m1/s1. The second-order valence-corrected chi connectivity index (χ2v) is 4.09. The summed E-state index contributed by atoms with van der Waals surface area (Å²) >= 11 is 0. The van der Waals surface area contributed by atoms with E-state index in [1.165, 1.54) is 6.07 Å². The summed E-state index contributed by atoms with van der Waals surface area (Å²) in [6.07, 6.45) is 0.902. The Morgan fingerprint density at radius 2 is 2.12 bits per heavy atom. The van der Waals surface area contributed by atoms with E-state index in [2.05, 4.69) is 5.32 Å². The van der Waals surface area contributed by atoms with E-state index in [0.717, 1.165) is 6.42 Å². The molecule has 0 amide bonds. The summed E-state index contributed by atoms with van der Waals surface area (Å²) in [6, 6.07) is 6.30. The smallest absolute Gasteiger partial charge is 0.292 e. The van der Waals surface area contributed by atoms with Gasteiger partial charge in [0.2, 0.25) is 0 Å². The number of rotatable bonds is 6. The van der Waals surface area contributed by atoms with Crippen molar-refractivity contribution in [2.75, 3.05) is 11.9 Å². The molecule has 17 heavy (non-hydrogen) atoms. The van der Waals surface area contributed by atoms with Gasteiger partial charge < -0.3 is 10.4 Å². The number of nitro groups is 1. The fourth-order valence-electron chi connectivity index (χ4n) is 1.61. The van der Waals surface area contributed by atoms with Gasteiger partial charge in [-0.05, 0) is 12.0 Å². The first kappa shape index (κ1) is 13.4. The third-order valence-corrected chi connectivity index (χ3v) is 2.97. The molecule has 0 aromatic heterocycles. The highest BCUT2D eigenvalue weighted by molar-refractivity contribution is 5.61. The molecule has 0 heterocycles. The number of hydrogen-bond acceptors (Lipinski definition) is 4. The van der Waals surface area contributed by atoms with Crippen LogP contribution in [0.15, 0.2) is 24.3 Å². The minimum atomic E-state index is -0.423. The first-order valence-corrected chi connectivity index (χ1v) is 5.71. The molecular formula is C12H18N2O3. The lowest BCUT2D eigenvalue weighted by Crippen LogP contribution is -2.31. The van der Waals surface area contributed by atoms with Gasteiger partial charge in [-0.3, -0.25) is 10.1 Å². The van der Waals surface area contributed by atoms with Crippen molar-refractivity contribution in [2.45, 2.75) is 26.3 Å². The van der Waals surface area contributed by atoms with Crippen LogP contribution in [-0.2, 0) is 0 Å². The van der Waals surface area contributed by atoms with E-state index < -0.39 is 4.92 Å². The van der Waals surface area contributed by atoms with E-state index in [1.54, 1.807) is 18.2 Å². The maximum Gasteiger partial charge on any atom is 0.292 e. The fourth-order valence-corrected chi connectivity index (χ4v) is 1.61. The normalized spacial score (nSPS) is 14.1. The van der Waals surface area contributed by atoms with Gasteiger partial charge in [0.05, 0.1) is 17.6 Å². The Morgan fingerprint density at radius 3 is 2.65 bits per heavy atom. The summed E-state index contributed by atoms with van der Waals surface area (Å²) in [5.41, 5.74) is 0.492. The van der Waals surface area contributed by atoms with E-state index in [-0.39, 0.29) is 24.3 Å². The zero-order chi connectivity index (χ0) is 12.8. The van der Waals surface area contributed by atoms with Crippen LogP contribution in [0.3, 0.4) is 0 Å². The van der Waals surface area contributed by atoms with E-state index in [0.29, 0.717) is 5.69 Å². The van der Waals surface area contributed by atoms with Crippen LogP contribution in [0, 0.1) is 16.0 Å². The van der Waals surface area contributed by atoms with Crippen LogP contribution in [0.4, 0.5) is 11.4 Å². The van der Waals surface area contributed by atoms with Crippen molar-refractivity contribution in [1.82, 2.24) is 0 Å². The molecule has 0 radical (unpaired) electrons. The maximum absolute atomic E-state index is 10.8. The molecule has 1 unspecified atom stereocenters. The van der Waals surface area contributed by atoms with Crippen LogP contribution in [0.25, 0.3) is 0 Å². The zero-order valence-corrected chi connectivity index (χ0v) is 10.1. The molecule has 0 aliphatic heterocycles. The average molecular weight is 238 g/mol. The Hall–Kier alpha value is -1.62. The van der Waals surface area contributed by atoms with Crippen molar-refractivity contribution >= 4 is 11.4 Å². The van der Waals surface area contributed by atoms with Crippen molar-refractivity contribution in [3.8, 4) is 0 Å². The topological polar surface area (TPSA) is 75.4 Å². The number of benzene rings is 1. The Bertz CT molecular complexity index is 382. The number of nitrogens with zero attached hydrogens (tertiary/aromatic N) is 1. The second-order valence-electron chi connectivity index (χ2n) is 4.09. The average Bonchev–Trinajstić information content (AvgIpc) is 2.35. The van der Waals surface area contributed by atoms with Crippen molar-refractivity contribution in [3.63, 3.8) is 0 Å². The Kier molecular flexibility index (Phi) is 4.90. The lowest BCUT2D eigenvalue weighted by atomic mass is 9.99. The minimum absolute atomic E-state index is 0.0363. The Labute approximate surface area is 101 Å². The summed E-state index contributed by atoms with van der Waals surface area (Å²) in [7, 11) is 0. The second kappa shape index (κ2) is 6.20. The van der Waals surface area contributed by atoms with Gasteiger partial charge >= 0.3 is 0 Å². The van der Waals surface area contributed by atoms with Crippen molar-refractivity contribution in [2.24, 2.45) is 5.92 Å². The Morgan fingerprint density at radius 1 is 1.47 bits per heavy atom. The molecule has 5 nitrogen and oxygen atoms in total. The molecule has 1 rings (SSSR count). The van der Waals surface area contributed by atoms with Crippen LogP contribution in [0.2, 0.25) is 0 Å². The van der Waals surface area contributed by atoms with Crippen LogP contribution >= 0.6 is 0 Å². The number of nitro benzene ring substituents is 1. The first-order chi connectivity index (χ1) is 8.10. The van der Waals surface area contributed by atoms with Crippen LogP contribution in [0.5, 0.6) is 0 Å². The molecule has 0 fully saturated rings. The largest absolute Gasteiger partial charge is 0.394 e. The van der Waals surface area contributed by atoms with Gasteiger partial charge in [0.25, 0.3) is 5.69 Å². The highest BCUT2D eigenvalue weighted by Gasteiger charge is 2.19. The van der Waals surface area contributed by atoms with Crippen LogP contribution < -0.4 is 5.32 Å². The zero-order valence-electron chi connectivity index (χ0n) is 10.1. The third-order valence-electron chi connectivity index (χ3n) is 2.97. The quantitative estimate of drug-likeness (QED) is 0.589. The molecule has 0 saturated carbocycles.